The molecule has 0 fully saturated rings. The molecule has 96 valence electrons. The number of methoxy groups -OCH3 is 2. The Bertz CT molecular complexity index is 395. The van der Waals surface area contributed by atoms with Crippen LogP contribution in [0.3, 0.4) is 0 Å². The summed E-state index contributed by atoms with van der Waals surface area (Å²) in [7, 11) is 2.08. The van der Waals surface area contributed by atoms with Gasteiger partial charge in [-0.2, -0.15) is 0 Å². The van der Waals surface area contributed by atoms with Crippen molar-refractivity contribution < 1.29 is 13.7 Å². The van der Waals surface area contributed by atoms with Crippen molar-refractivity contribution in [2.24, 2.45) is 0 Å². The van der Waals surface area contributed by atoms with Crippen LogP contribution in [0, 0.1) is 0 Å². The maximum Gasteiger partial charge on any atom is 0.137 e. The fraction of sp³-hybridized carbons (Fsp3) is 0.500. The molecule has 1 rings (SSSR count). The number of rotatable bonds is 6. The molecular weight excluding hydrogens is 238 g/mol. The molecule has 0 heterocycles. The first-order valence-electron chi connectivity index (χ1n) is 5.43. The van der Waals surface area contributed by atoms with E-state index in [1.807, 2.05) is 6.92 Å². The van der Waals surface area contributed by atoms with Gasteiger partial charge in [-0.1, -0.05) is 6.92 Å². The second kappa shape index (κ2) is 6.61. The van der Waals surface area contributed by atoms with Gasteiger partial charge in [-0.3, -0.25) is 4.21 Å². The van der Waals surface area contributed by atoms with Gasteiger partial charge in [0.2, 0.25) is 0 Å². The van der Waals surface area contributed by atoms with E-state index in [-0.39, 0.29) is 5.25 Å². The van der Waals surface area contributed by atoms with E-state index in [0.29, 0.717) is 22.9 Å². The quantitative estimate of drug-likeness (QED) is 0.790. The van der Waals surface area contributed by atoms with Gasteiger partial charge < -0.3 is 15.2 Å². The van der Waals surface area contributed by atoms with Crippen LogP contribution in [0.2, 0.25) is 0 Å². The first-order chi connectivity index (χ1) is 8.10. The average molecular weight is 257 g/mol. The zero-order chi connectivity index (χ0) is 12.8. The third-order valence-electron chi connectivity index (χ3n) is 2.50. The fourth-order valence-electron chi connectivity index (χ4n) is 1.46. The highest BCUT2D eigenvalue weighted by atomic mass is 32.2. The monoisotopic (exact) mass is 257 g/mol. The molecule has 2 N–H and O–H groups in total. The summed E-state index contributed by atoms with van der Waals surface area (Å²) >= 11 is 0. The SMILES string of the molecule is COCCC(C)S(=O)c1ccc(N)cc1OC. The van der Waals surface area contributed by atoms with E-state index in [0.717, 1.165) is 6.42 Å². The van der Waals surface area contributed by atoms with Crippen LogP contribution in [0.1, 0.15) is 13.3 Å². The molecule has 2 atom stereocenters. The molecule has 0 saturated carbocycles. The lowest BCUT2D eigenvalue weighted by Crippen LogP contribution is -2.14. The number of ether oxygens (including phenoxy) is 2. The molecule has 0 aliphatic heterocycles. The normalized spacial score (nSPS) is 14.3. The van der Waals surface area contributed by atoms with Crippen LogP contribution >= 0.6 is 0 Å². The van der Waals surface area contributed by atoms with E-state index in [1.54, 1.807) is 32.4 Å². The number of hydrogen-bond donors (Lipinski definition) is 1. The highest BCUT2D eigenvalue weighted by Crippen LogP contribution is 2.27. The summed E-state index contributed by atoms with van der Waals surface area (Å²) in [4.78, 5) is 0.685. The zero-order valence-corrected chi connectivity index (χ0v) is 11.3. The molecule has 0 bridgehead atoms. The van der Waals surface area contributed by atoms with Gasteiger partial charge >= 0.3 is 0 Å². The smallest absolute Gasteiger partial charge is 0.137 e. The number of nitrogens with two attached hydrogens (primary N) is 1. The van der Waals surface area contributed by atoms with Crippen molar-refractivity contribution in [3.05, 3.63) is 18.2 Å². The Morgan fingerprint density at radius 2 is 2.12 bits per heavy atom. The predicted octanol–water partition coefficient (Wildman–Crippen LogP) is 1.81. The van der Waals surface area contributed by atoms with E-state index in [1.165, 1.54) is 0 Å². The van der Waals surface area contributed by atoms with Crippen molar-refractivity contribution in [3.8, 4) is 5.75 Å². The van der Waals surface area contributed by atoms with Crippen LogP contribution in [0.15, 0.2) is 23.1 Å². The van der Waals surface area contributed by atoms with Gasteiger partial charge in [0.1, 0.15) is 5.75 Å². The average Bonchev–Trinajstić information content (AvgIpc) is 2.34. The van der Waals surface area contributed by atoms with Gasteiger partial charge in [0.05, 0.1) is 22.8 Å². The van der Waals surface area contributed by atoms with Gasteiger partial charge in [-0.05, 0) is 18.6 Å². The molecule has 0 aliphatic carbocycles. The van der Waals surface area contributed by atoms with Crippen LogP contribution in [-0.2, 0) is 15.5 Å². The molecule has 0 aliphatic rings. The summed E-state index contributed by atoms with van der Waals surface area (Å²) in [5.41, 5.74) is 6.26. The standard InChI is InChI=1S/C12H19NO3S/c1-9(6-7-15-2)17(14)12-5-4-10(13)8-11(12)16-3/h4-5,8-9H,6-7,13H2,1-3H3. The lowest BCUT2D eigenvalue weighted by Gasteiger charge is -2.14. The molecule has 0 spiro atoms. The molecule has 1 aromatic rings. The van der Waals surface area contributed by atoms with Gasteiger partial charge in [0, 0.05) is 30.7 Å². The van der Waals surface area contributed by atoms with Gasteiger partial charge in [-0.15, -0.1) is 0 Å². The Kier molecular flexibility index (Phi) is 5.44. The number of anilines is 1. The van der Waals surface area contributed by atoms with E-state index in [2.05, 4.69) is 0 Å². The first kappa shape index (κ1) is 14.0. The lowest BCUT2D eigenvalue weighted by atomic mass is 10.3. The molecule has 5 heteroatoms. The fourth-order valence-corrected chi connectivity index (χ4v) is 2.74. The molecule has 0 saturated heterocycles. The topological polar surface area (TPSA) is 61.5 Å². The van der Waals surface area contributed by atoms with Crippen molar-refractivity contribution >= 4 is 16.5 Å². The van der Waals surface area contributed by atoms with Gasteiger partial charge in [0.15, 0.2) is 0 Å². The highest BCUT2D eigenvalue weighted by molar-refractivity contribution is 7.85. The predicted molar refractivity (Wildman–Crippen MR) is 69.8 cm³/mol. The molecule has 2 unspecified atom stereocenters. The van der Waals surface area contributed by atoms with Gasteiger partial charge in [0.25, 0.3) is 0 Å². The van der Waals surface area contributed by atoms with Crippen molar-refractivity contribution in [1.29, 1.82) is 0 Å². The summed E-state index contributed by atoms with van der Waals surface area (Å²) in [6, 6.07) is 5.18. The van der Waals surface area contributed by atoms with Gasteiger partial charge in [-0.25, -0.2) is 0 Å². The third kappa shape index (κ3) is 3.71. The summed E-state index contributed by atoms with van der Waals surface area (Å²) in [5.74, 6) is 0.576. The number of nitrogen functional groups attached to an aromatic ring is 1. The molecular formula is C12H19NO3S. The molecule has 0 radical (unpaired) electrons. The van der Waals surface area contributed by atoms with Crippen molar-refractivity contribution in [2.45, 2.75) is 23.5 Å². The van der Waals surface area contributed by atoms with Crippen LogP contribution in [0.4, 0.5) is 5.69 Å². The summed E-state index contributed by atoms with van der Waals surface area (Å²) in [6.45, 7) is 2.54. The highest BCUT2D eigenvalue weighted by Gasteiger charge is 2.17. The molecule has 0 aromatic heterocycles. The second-order valence-electron chi connectivity index (χ2n) is 3.80. The maximum absolute atomic E-state index is 12.3. The van der Waals surface area contributed by atoms with Crippen molar-refractivity contribution in [3.63, 3.8) is 0 Å². The lowest BCUT2D eigenvalue weighted by molar-refractivity contribution is 0.195. The molecule has 17 heavy (non-hydrogen) atoms. The minimum atomic E-state index is -1.11. The Hall–Kier alpha value is -1.07. The maximum atomic E-state index is 12.3. The Labute approximate surface area is 105 Å². The largest absolute Gasteiger partial charge is 0.495 e. The van der Waals surface area contributed by atoms with Crippen LogP contribution in [0.5, 0.6) is 5.75 Å². The van der Waals surface area contributed by atoms with Crippen LogP contribution in [-0.4, -0.2) is 30.3 Å². The van der Waals surface area contributed by atoms with E-state index < -0.39 is 10.8 Å². The molecule has 0 amide bonds. The van der Waals surface area contributed by atoms with Crippen LogP contribution in [0.25, 0.3) is 0 Å². The Balaban J connectivity index is 2.87. The Morgan fingerprint density at radius 3 is 2.71 bits per heavy atom. The molecule has 1 aromatic carbocycles. The summed E-state index contributed by atoms with van der Waals surface area (Å²) in [5, 5.41) is 0.0208. The summed E-state index contributed by atoms with van der Waals surface area (Å²) in [6.07, 6.45) is 0.747. The van der Waals surface area contributed by atoms with E-state index in [9.17, 15) is 4.21 Å². The second-order valence-corrected chi connectivity index (χ2v) is 5.64. The van der Waals surface area contributed by atoms with Crippen LogP contribution < -0.4 is 10.5 Å². The minimum absolute atomic E-state index is 0.0208. The van der Waals surface area contributed by atoms with E-state index >= 15 is 0 Å². The molecule has 4 nitrogen and oxygen atoms in total. The summed E-state index contributed by atoms with van der Waals surface area (Å²) < 4.78 is 22.5. The zero-order valence-electron chi connectivity index (χ0n) is 10.4. The third-order valence-corrected chi connectivity index (χ3v) is 4.24. The minimum Gasteiger partial charge on any atom is -0.495 e. The first-order valence-corrected chi connectivity index (χ1v) is 6.64. The Morgan fingerprint density at radius 1 is 1.41 bits per heavy atom. The number of benzene rings is 1. The number of hydrogen-bond acceptors (Lipinski definition) is 4. The van der Waals surface area contributed by atoms with Crippen molar-refractivity contribution in [2.75, 3.05) is 26.6 Å². The van der Waals surface area contributed by atoms with E-state index in [4.69, 9.17) is 15.2 Å². The van der Waals surface area contributed by atoms with Crippen molar-refractivity contribution in [1.82, 2.24) is 0 Å².